The van der Waals surface area contributed by atoms with Gasteiger partial charge in [0.25, 0.3) is 0 Å². The Labute approximate surface area is 77.2 Å². The molecule has 72 valence electrons. The summed E-state index contributed by atoms with van der Waals surface area (Å²) in [7, 11) is 0. The number of hydrogen-bond acceptors (Lipinski definition) is 2. The minimum atomic E-state index is -0.974. The second kappa shape index (κ2) is 2.87. The first-order chi connectivity index (χ1) is 5.87. The summed E-state index contributed by atoms with van der Waals surface area (Å²) in [5.74, 6) is -0.876. The number of hydrogen-bond donors (Lipinski definition) is 1. The van der Waals surface area contributed by atoms with Crippen LogP contribution in [0.3, 0.4) is 0 Å². The quantitative estimate of drug-likeness (QED) is 0.750. The molecular weight excluding hydrogens is 168 g/mol. The minimum Gasteiger partial charge on any atom is -0.479 e. The molecule has 0 radical (unpaired) electrons. The fourth-order valence-electron chi connectivity index (χ4n) is 1.15. The van der Waals surface area contributed by atoms with E-state index in [9.17, 15) is 4.79 Å². The van der Waals surface area contributed by atoms with Crippen molar-refractivity contribution in [1.29, 1.82) is 0 Å². The van der Waals surface area contributed by atoms with Gasteiger partial charge >= 0.3 is 5.97 Å². The fourth-order valence-corrected chi connectivity index (χ4v) is 1.15. The summed E-state index contributed by atoms with van der Waals surface area (Å²) in [5.41, 5.74) is 0.931. The van der Waals surface area contributed by atoms with E-state index in [1.54, 1.807) is 20.0 Å². The number of aromatic nitrogens is 2. The molecule has 0 aliphatic rings. The molecule has 0 saturated carbocycles. The largest absolute Gasteiger partial charge is 0.479 e. The third-order valence-electron chi connectivity index (χ3n) is 2.31. The van der Waals surface area contributed by atoms with Gasteiger partial charge in [0.1, 0.15) is 0 Å². The number of carbonyl (C=O) groups is 1. The molecule has 0 spiro atoms. The minimum absolute atomic E-state index is 0.876. The number of aryl methyl sites for hydroxylation is 1. The molecule has 0 unspecified atom stereocenters. The summed E-state index contributed by atoms with van der Waals surface area (Å²) in [5, 5.41) is 13.0. The average molecular weight is 182 g/mol. The average Bonchev–Trinajstić information content (AvgIpc) is 2.33. The zero-order chi connectivity index (χ0) is 10.2. The van der Waals surface area contributed by atoms with Crippen LogP contribution in [0.5, 0.6) is 0 Å². The molecule has 13 heavy (non-hydrogen) atoms. The highest BCUT2D eigenvalue weighted by molar-refractivity contribution is 5.75. The zero-order valence-corrected chi connectivity index (χ0v) is 8.33. The lowest BCUT2D eigenvalue weighted by molar-refractivity contribution is -0.146. The lowest BCUT2D eigenvalue weighted by atomic mass is 10.1. The number of rotatable bonds is 2. The van der Waals surface area contributed by atoms with Gasteiger partial charge in [0.05, 0.1) is 6.20 Å². The maximum Gasteiger partial charge on any atom is 0.331 e. The van der Waals surface area contributed by atoms with Crippen molar-refractivity contribution >= 4 is 5.97 Å². The first kappa shape index (κ1) is 9.77. The first-order valence-electron chi connectivity index (χ1n) is 4.12. The van der Waals surface area contributed by atoms with Gasteiger partial charge in [0.2, 0.25) is 0 Å². The van der Waals surface area contributed by atoms with Crippen LogP contribution >= 0.6 is 0 Å². The molecule has 0 saturated heterocycles. The van der Waals surface area contributed by atoms with E-state index in [0.29, 0.717) is 0 Å². The number of nitrogens with zero attached hydrogens (tertiary/aromatic N) is 2. The lowest BCUT2D eigenvalue weighted by Gasteiger charge is -2.21. The highest BCUT2D eigenvalue weighted by Crippen LogP contribution is 2.18. The van der Waals surface area contributed by atoms with Crippen LogP contribution in [0, 0.1) is 13.8 Å². The summed E-state index contributed by atoms with van der Waals surface area (Å²) in [6.45, 7) is 7.05. The monoisotopic (exact) mass is 182 g/mol. The Morgan fingerprint density at radius 3 is 2.38 bits per heavy atom. The Morgan fingerprint density at radius 1 is 1.54 bits per heavy atom. The molecule has 1 aromatic heterocycles. The van der Waals surface area contributed by atoms with E-state index < -0.39 is 11.5 Å². The van der Waals surface area contributed by atoms with Crippen molar-refractivity contribution < 1.29 is 9.90 Å². The van der Waals surface area contributed by atoms with E-state index in [1.807, 2.05) is 13.8 Å². The molecule has 1 heterocycles. The van der Waals surface area contributed by atoms with Crippen LogP contribution in [-0.4, -0.2) is 20.9 Å². The van der Waals surface area contributed by atoms with Gasteiger partial charge in [-0.15, -0.1) is 0 Å². The Morgan fingerprint density at radius 2 is 2.08 bits per heavy atom. The fraction of sp³-hybridized carbons (Fsp3) is 0.556. The standard InChI is InChI=1S/C9H14N2O2/c1-6-5-10-11(7(6)2)9(3,4)8(12)13/h5H,1-4H3,(H,12,13). The third kappa shape index (κ3) is 1.43. The molecule has 0 aliphatic heterocycles. The summed E-state index contributed by atoms with van der Waals surface area (Å²) in [6.07, 6.45) is 1.68. The van der Waals surface area contributed by atoms with Crippen LogP contribution in [0.1, 0.15) is 25.1 Å². The molecule has 0 bridgehead atoms. The van der Waals surface area contributed by atoms with Crippen molar-refractivity contribution in [2.24, 2.45) is 0 Å². The molecule has 4 heteroatoms. The normalized spacial score (nSPS) is 11.7. The number of carboxylic acids is 1. The van der Waals surface area contributed by atoms with Gasteiger partial charge in [-0.1, -0.05) is 0 Å². The summed E-state index contributed by atoms with van der Waals surface area (Å²) in [6, 6.07) is 0. The number of carboxylic acid groups (broad SMARTS) is 1. The maximum absolute atomic E-state index is 10.9. The van der Waals surface area contributed by atoms with Crippen LogP contribution in [-0.2, 0) is 10.3 Å². The molecule has 4 nitrogen and oxygen atoms in total. The maximum atomic E-state index is 10.9. The molecule has 0 aromatic carbocycles. The molecule has 1 N–H and O–H groups in total. The number of aliphatic carboxylic acids is 1. The van der Waals surface area contributed by atoms with E-state index in [0.717, 1.165) is 11.3 Å². The van der Waals surface area contributed by atoms with E-state index in [4.69, 9.17) is 5.11 Å². The van der Waals surface area contributed by atoms with E-state index in [1.165, 1.54) is 4.68 Å². The smallest absolute Gasteiger partial charge is 0.331 e. The molecule has 0 aliphatic carbocycles. The molecule has 1 aromatic rings. The van der Waals surface area contributed by atoms with Gasteiger partial charge in [-0.25, -0.2) is 4.79 Å². The van der Waals surface area contributed by atoms with Gasteiger partial charge in [-0.05, 0) is 33.3 Å². The van der Waals surface area contributed by atoms with Crippen molar-refractivity contribution in [2.75, 3.05) is 0 Å². The summed E-state index contributed by atoms with van der Waals surface area (Å²) in [4.78, 5) is 10.9. The van der Waals surface area contributed by atoms with Crippen LogP contribution in [0.4, 0.5) is 0 Å². The molecule has 0 atom stereocenters. The van der Waals surface area contributed by atoms with Crippen molar-refractivity contribution in [3.05, 3.63) is 17.5 Å². The predicted molar refractivity (Wildman–Crippen MR) is 48.7 cm³/mol. The first-order valence-corrected chi connectivity index (χ1v) is 4.12. The van der Waals surface area contributed by atoms with E-state index in [-0.39, 0.29) is 0 Å². The van der Waals surface area contributed by atoms with Crippen LogP contribution in [0.2, 0.25) is 0 Å². The lowest BCUT2D eigenvalue weighted by Crippen LogP contribution is -2.37. The SMILES string of the molecule is Cc1cnn(C(C)(C)C(=O)O)c1C. The third-order valence-corrected chi connectivity index (χ3v) is 2.31. The van der Waals surface area contributed by atoms with Gasteiger partial charge in [0, 0.05) is 5.69 Å². The van der Waals surface area contributed by atoms with Crippen molar-refractivity contribution in [3.63, 3.8) is 0 Å². The van der Waals surface area contributed by atoms with Crippen LogP contribution in [0.15, 0.2) is 6.20 Å². The van der Waals surface area contributed by atoms with Gasteiger partial charge in [0.15, 0.2) is 5.54 Å². The van der Waals surface area contributed by atoms with E-state index in [2.05, 4.69) is 5.10 Å². The van der Waals surface area contributed by atoms with Crippen molar-refractivity contribution in [1.82, 2.24) is 9.78 Å². The van der Waals surface area contributed by atoms with Crippen molar-refractivity contribution in [2.45, 2.75) is 33.2 Å². The highest BCUT2D eigenvalue weighted by Gasteiger charge is 2.31. The highest BCUT2D eigenvalue weighted by atomic mass is 16.4. The summed E-state index contributed by atoms with van der Waals surface area (Å²) < 4.78 is 1.53. The molecule has 0 amide bonds. The van der Waals surface area contributed by atoms with Gasteiger partial charge in [-0.3, -0.25) is 4.68 Å². The predicted octanol–water partition coefficient (Wildman–Crippen LogP) is 1.32. The Bertz CT molecular complexity index is 339. The van der Waals surface area contributed by atoms with Crippen molar-refractivity contribution in [3.8, 4) is 0 Å². The van der Waals surface area contributed by atoms with Crippen LogP contribution in [0.25, 0.3) is 0 Å². The zero-order valence-electron chi connectivity index (χ0n) is 8.33. The van der Waals surface area contributed by atoms with E-state index >= 15 is 0 Å². The molecule has 0 fully saturated rings. The summed E-state index contributed by atoms with van der Waals surface area (Å²) >= 11 is 0. The van der Waals surface area contributed by atoms with Gasteiger partial charge in [-0.2, -0.15) is 5.10 Å². The second-order valence-corrected chi connectivity index (χ2v) is 3.69. The van der Waals surface area contributed by atoms with Gasteiger partial charge < -0.3 is 5.11 Å². The topological polar surface area (TPSA) is 55.1 Å². The second-order valence-electron chi connectivity index (χ2n) is 3.69. The molecule has 1 rings (SSSR count). The Hall–Kier alpha value is -1.32. The molecular formula is C9H14N2O2. The Balaban J connectivity index is 3.22. The van der Waals surface area contributed by atoms with Crippen LogP contribution < -0.4 is 0 Å². The Kier molecular flexibility index (Phi) is 2.15.